The Balaban J connectivity index is 3.81. The molecular formula is C12H26N2OS. The molecule has 1 amide bonds. The van der Waals surface area contributed by atoms with Gasteiger partial charge in [-0.3, -0.25) is 4.79 Å². The molecule has 0 bridgehead atoms. The van der Waals surface area contributed by atoms with Crippen molar-refractivity contribution in [3.8, 4) is 0 Å². The van der Waals surface area contributed by atoms with Gasteiger partial charge in [-0.2, -0.15) is 11.8 Å². The van der Waals surface area contributed by atoms with E-state index >= 15 is 0 Å². The molecule has 2 N–H and O–H groups in total. The highest BCUT2D eigenvalue weighted by Gasteiger charge is 2.19. The third-order valence-corrected chi connectivity index (χ3v) is 3.68. The first-order valence-corrected chi connectivity index (χ1v) is 7.07. The van der Waals surface area contributed by atoms with Gasteiger partial charge in [0.05, 0.1) is 6.54 Å². The molecule has 3 nitrogen and oxygen atoms in total. The van der Waals surface area contributed by atoms with Crippen LogP contribution in [0.5, 0.6) is 0 Å². The van der Waals surface area contributed by atoms with Crippen LogP contribution in [0.3, 0.4) is 0 Å². The van der Waals surface area contributed by atoms with Crippen LogP contribution in [0.25, 0.3) is 0 Å². The molecule has 0 aromatic rings. The number of nitrogens with one attached hydrogen (secondary N) is 2. The lowest BCUT2D eigenvalue weighted by Gasteiger charge is -2.26. The molecule has 0 aliphatic carbocycles. The number of rotatable bonds is 7. The summed E-state index contributed by atoms with van der Waals surface area (Å²) in [5, 5.41) is 6.12. The standard InChI is InChI=1S/C12H26N2OS/c1-9(2)14-11(15)8-13-10(3)7-12(4,5)16-6/h9-10,13H,7-8H2,1-6H3,(H,14,15)/t10-/m1/s1. The summed E-state index contributed by atoms with van der Waals surface area (Å²) in [5.41, 5.74) is 0. The van der Waals surface area contributed by atoms with Crippen molar-refractivity contribution in [1.29, 1.82) is 0 Å². The van der Waals surface area contributed by atoms with Crippen LogP contribution in [0.4, 0.5) is 0 Å². The number of hydrogen-bond acceptors (Lipinski definition) is 3. The predicted octanol–water partition coefficient (Wildman–Crippen LogP) is 2.02. The highest BCUT2D eigenvalue weighted by atomic mass is 32.2. The van der Waals surface area contributed by atoms with E-state index in [1.165, 1.54) is 0 Å². The maximum atomic E-state index is 11.4. The van der Waals surface area contributed by atoms with Crippen LogP contribution < -0.4 is 10.6 Å². The minimum atomic E-state index is 0.0730. The fourth-order valence-electron chi connectivity index (χ4n) is 1.53. The van der Waals surface area contributed by atoms with Gasteiger partial charge in [0, 0.05) is 16.8 Å². The molecule has 0 radical (unpaired) electrons. The van der Waals surface area contributed by atoms with Crippen LogP contribution in [0.1, 0.15) is 41.0 Å². The van der Waals surface area contributed by atoms with E-state index < -0.39 is 0 Å². The van der Waals surface area contributed by atoms with Crippen molar-refractivity contribution in [3.63, 3.8) is 0 Å². The summed E-state index contributed by atoms with van der Waals surface area (Å²) in [5.74, 6) is 0.0730. The van der Waals surface area contributed by atoms with Crippen LogP contribution in [0, 0.1) is 0 Å². The summed E-state index contributed by atoms with van der Waals surface area (Å²) < 4.78 is 0.265. The van der Waals surface area contributed by atoms with Crippen molar-refractivity contribution in [1.82, 2.24) is 10.6 Å². The smallest absolute Gasteiger partial charge is 0.234 e. The van der Waals surface area contributed by atoms with E-state index in [1.807, 2.05) is 25.6 Å². The molecule has 0 aliphatic rings. The molecule has 4 heteroatoms. The lowest BCUT2D eigenvalue weighted by Crippen LogP contribution is -2.42. The molecular weight excluding hydrogens is 220 g/mol. The van der Waals surface area contributed by atoms with Gasteiger partial charge in [-0.25, -0.2) is 0 Å². The van der Waals surface area contributed by atoms with E-state index in [4.69, 9.17) is 0 Å². The average molecular weight is 246 g/mol. The van der Waals surface area contributed by atoms with Gasteiger partial charge < -0.3 is 10.6 Å². The number of carbonyl (C=O) groups is 1. The summed E-state index contributed by atoms with van der Waals surface area (Å²) in [7, 11) is 0. The lowest BCUT2D eigenvalue weighted by atomic mass is 10.0. The van der Waals surface area contributed by atoms with Crippen LogP contribution in [-0.2, 0) is 4.79 Å². The largest absolute Gasteiger partial charge is 0.353 e. The summed E-state index contributed by atoms with van der Waals surface area (Å²) in [6.45, 7) is 10.9. The average Bonchev–Trinajstić information content (AvgIpc) is 2.13. The molecule has 96 valence electrons. The molecule has 0 rings (SSSR count). The van der Waals surface area contributed by atoms with Gasteiger partial charge in [-0.05, 0) is 33.4 Å². The van der Waals surface area contributed by atoms with E-state index in [1.54, 1.807) is 0 Å². The van der Waals surface area contributed by atoms with Crippen LogP contribution in [-0.4, -0.2) is 35.5 Å². The van der Waals surface area contributed by atoms with E-state index in [0.29, 0.717) is 12.6 Å². The lowest BCUT2D eigenvalue weighted by molar-refractivity contribution is -0.120. The molecule has 0 unspecified atom stereocenters. The Morgan fingerprint density at radius 1 is 1.31 bits per heavy atom. The highest BCUT2D eigenvalue weighted by Crippen LogP contribution is 2.26. The third kappa shape index (κ3) is 7.99. The maximum absolute atomic E-state index is 11.4. The van der Waals surface area contributed by atoms with Gasteiger partial charge in [0.25, 0.3) is 0 Å². The van der Waals surface area contributed by atoms with Crippen molar-refractivity contribution in [2.45, 2.75) is 57.9 Å². The fraction of sp³-hybridized carbons (Fsp3) is 0.917. The Kier molecular flexibility index (Phi) is 7.07. The molecule has 0 saturated heterocycles. The summed E-state index contributed by atoms with van der Waals surface area (Å²) >= 11 is 1.86. The number of thioether (sulfide) groups is 1. The number of hydrogen-bond donors (Lipinski definition) is 2. The van der Waals surface area contributed by atoms with Crippen molar-refractivity contribution >= 4 is 17.7 Å². The second-order valence-corrected chi connectivity index (χ2v) is 6.69. The predicted molar refractivity (Wildman–Crippen MR) is 73.0 cm³/mol. The Morgan fingerprint density at radius 3 is 2.31 bits per heavy atom. The molecule has 16 heavy (non-hydrogen) atoms. The van der Waals surface area contributed by atoms with Crippen LogP contribution in [0.2, 0.25) is 0 Å². The maximum Gasteiger partial charge on any atom is 0.234 e. The molecule has 0 aliphatic heterocycles. The fourth-order valence-corrected chi connectivity index (χ4v) is 1.95. The van der Waals surface area contributed by atoms with E-state index in [9.17, 15) is 4.79 Å². The zero-order valence-electron chi connectivity index (χ0n) is 11.4. The van der Waals surface area contributed by atoms with Crippen molar-refractivity contribution in [2.75, 3.05) is 12.8 Å². The van der Waals surface area contributed by atoms with Gasteiger partial charge in [-0.1, -0.05) is 13.8 Å². The number of amides is 1. The van der Waals surface area contributed by atoms with Crippen molar-refractivity contribution in [2.24, 2.45) is 0 Å². The van der Waals surface area contributed by atoms with Crippen LogP contribution in [0.15, 0.2) is 0 Å². The monoisotopic (exact) mass is 246 g/mol. The van der Waals surface area contributed by atoms with E-state index in [0.717, 1.165) is 6.42 Å². The van der Waals surface area contributed by atoms with Crippen molar-refractivity contribution < 1.29 is 4.79 Å². The normalized spacial score (nSPS) is 13.9. The van der Waals surface area contributed by atoms with E-state index in [2.05, 4.69) is 37.7 Å². The molecule has 0 aromatic heterocycles. The van der Waals surface area contributed by atoms with E-state index in [-0.39, 0.29) is 16.7 Å². The van der Waals surface area contributed by atoms with Crippen molar-refractivity contribution in [3.05, 3.63) is 0 Å². The minimum Gasteiger partial charge on any atom is -0.353 e. The zero-order valence-corrected chi connectivity index (χ0v) is 12.2. The van der Waals surface area contributed by atoms with Gasteiger partial charge in [0.1, 0.15) is 0 Å². The summed E-state index contributed by atoms with van der Waals surface area (Å²) in [4.78, 5) is 11.4. The minimum absolute atomic E-state index is 0.0730. The van der Waals surface area contributed by atoms with Gasteiger partial charge in [0.15, 0.2) is 0 Å². The van der Waals surface area contributed by atoms with Gasteiger partial charge in [-0.15, -0.1) is 0 Å². The highest BCUT2D eigenvalue weighted by molar-refractivity contribution is 7.99. The van der Waals surface area contributed by atoms with Gasteiger partial charge in [0.2, 0.25) is 5.91 Å². The Hall–Kier alpha value is -0.220. The molecule has 1 atom stereocenters. The molecule has 0 fully saturated rings. The first-order valence-electron chi connectivity index (χ1n) is 5.84. The van der Waals surface area contributed by atoms with Gasteiger partial charge >= 0.3 is 0 Å². The first kappa shape index (κ1) is 15.8. The second-order valence-electron chi connectivity index (χ2n) is 5.17. The Labute approximate surface area is 104 Å². The summed E-state index contributed by atoms with van der Waals surface area (Å²) in [6.07, 6.45) is 3.18. The third-order valence-electron chi connectivity index (χ3n) is 2.41. The molecule has 0 aromatic carbocycles. The summed E-state index contributed by atoms with van der Waals surface area (Å²) in [6, 6.07) is 0.576. The number of carbonyl (C=O) groups excluding carboxylic acids is 1. The van der Waals surface area contributed by atoms with Crippen LogP contribution >= 0.6 is 11.8 Å². The molecule has 0 heterocycles. The first-order chi connectivity index (χ1) is 7.26. The molecule has 0 spiro atoms. The Bertz CT molecular complexity index is 217. The molecule has 0 saturated carbocycles. The second kappa shape index (κ2) is 7.17. The quantitative estimate of drug-likeness (QED) is 0.722. The topological polar surface area (TPSA) is 41.1 Å². The Morgan fingerprint density at radius 2 is 1.88 bits per heavy atom. The SMILES string of the molecule is CSC(C)(C)C[C@@H](C)NCC(=O)NC(C)C. The zero-order chi connectivity index (χ0) is 12.8.